The smallest absolute Gasteiger partial charge is 0.273 e. The first-order chi connectivity index (χ1) is 13.1. The molecule has 1 aliphatic rings. The molecule has 0 aliphatic carbocycles. The summed E-state index contributed by atoms with van der Waals surface area (Å²) in [7, 11) is 0. The maximum Gasteiger partial charge on any atom is 0.273 e. The van der Waals surface area contributed by atoms with Gasteiger partial charge < -0.3 is 10.2 Å². The lowest BCUT2D eigenvalue weighted by Crippen LogP contribution is -2.38. The van der Waals surface area contributed by atoms with Crippen molar-refractivity contribution in [3.63, 3.8) is 0 Å². The summed E-state index contributed by atoms with van der Waals surface area (Å²) in [5.41, 5.74) is 4.50. The molecule has 0 bridgehead atoms. The van der Waals surface area contributed by atoms with Gasteiger partial charge in [-0.2, -0.15) is 5.10 Å². The van der Waals surface area contributed by atoms with E-state index in [4.69, 9.17) is 11.6 Å². The Morgan fingerprint density at radius 2 is 2.22 bits per heavy atom. The number of anilines is 1. The van der Waals surface area contributed by atoms with E-state index < -0.39 is 0 Å². The fraction of sp³-hybridized carbons (Fsp3) is 0.389. The third-order valence-electron chi connectivity index (χ3n) is 4.94. The Balaban J connectivity index is 1.36. The van der Waals surface area contributed by atoms with Crippen LogP contribution in [0.2, 0.25) is 4.34 Å². The van der Waals surface area contributed by atoms with Gasteiger partial charge in [-0.05, 0) is 31.9 Å². The summed E-state index contributed by atoms with van der Waals surface area (Å²) in [6.07, 6.45) is 1.84. The number of hydrogen-bond donors (Lipinski definition) is 2. The van der Waals surface area contributed by atoms with Gasteiger partial charge in [0, 0.05) is 34.8 Å². The second-order valence-electron chi connectivity index (χ2n) is 6.61. The van der Waals surface area contributed by atoms with Crippen LogP contribution < -0.4 is 5.32 Å². The van der Waals surface area contributed by atoms with E-state index in [2.05, 4.69) is 27.4 Å². The van der Waals surface area contributed by atoms with E-state index in [1.54, 1.807) is 16.8 Å². The molecule has 0 spiro atoms. The molecule has 4 rings (SSSR count). The first kappa shape index (κ1) is 18.5. The highest BCUT2D eigenvalue weighted by atomic mass is 35.5. The van der Waals surface area contributed by atoms with Crippen LogP contribution in [0, 0.1) is 6.92 Å². The van der Waals surface area contributed by atoms with Crippen LogP contribution in [-0.4, -0.2) is 39.1 Å². The summed E-state index contributed by atoms with van der Waals surface area (Å²) in [6, 6.07) is 3.94. The number of H-pyrrole nitrogens is 1. The number of piperidine rings is 1. The molecule has 6 nitrogen and oxygen atoms in total. The number of hydrogen-bond acceptors (Lipinski definition) is 6. The molecule has 1 amide bonds. The van der Waals surface area contributed by atoms with E-state index in [0.717, 1.165) is 53.9 Å². The second-order valence-corrected chi connectivity index (χ2v) is 9.13. The minimum Gasteiger partial charge on any atom is -0.365 e. The van der Waals surface area contributed by atoms with Crippen molar-refractivity contribution in [1.29, 1.82) is 0 Å². The van der Waals surface area contributed by atoms with Gasteiger partial charge in [0.2, 0.25) is 0 Å². The average Bonchev–Trinajstić information content (AvgIpc) is 3.42. The lowest BCUT2D eigenvalue weighted by molar-refractivity contribution is 0.0707. The standard InChI is InChI=1S/C18H20ClN5OS2/c1-11-16(22-23-17(11)20-8-13-2-3-15(19)27-13)12-4-6-24(7-5-12)18(25)14-9-26-10-21-14/h2-3,9-10,12H,4-8H2,1H3,(H2,20,22,23). The topological polar surface area (TPSA) is 73.9 Å². The second kappa shape index (κ2) is 8.00. The van der Waals surface area contributed by atoms with Crippen LogP contribution in [-0.2, 0) is 6.54 Å². The van der Waals surface area contributed by atoms with Gasteiger partial charge in [0.1, 0.15) is 11.5 Å². The number of amides is 1. The molecule has 0 aromatic carbocycles. The number of nitrogens with zero attached hydrogens (tertiary/aromatic N) is 3. The largest absolute Gasteiger partial charge is 0.365 e. The number of halogens is 1. The number of thiophene rings is 1. The summed E-state index contributed by atoms with van der Waals surface area (Å²) < 4.78 is 0.799. The third kappa shape index (κ3) is 4.02. The number of carbonyl (C=O) groups excluding carboxylic acids is 1. The predicted molar refractivity (Wildman–Crippen MR) is 110 cm³/mol. The minimum atomic E-state index is 0.0328. The molecular weight excluding hydrogens is 402 g/mol. The van der Waals surface area contributed by atoms with E-state index in [0.29, 0.717) is 11.6 Å². The van der Waals surface area contributed by atoms with Crippen molar-refractivity contribution < 1.29 is 4.79 Å². The molecule has 0 unspecified atom stereocenters. The monoisotopic (exact) mass is 421 g/mol. The molecule has 0 atom stereocenters. The SMILES string of the molecule is Cc1c(C2CCN(C(=O)c3cscn3)CC2)n[nH]c1NCc1ccc(Cl)s1. The van der Waals surface area contributed by atoms with Gasteiger partial charge in [0.05, 0.1) is 22.1 Å². The van der Waals surface area contributed by atoms with Crippen molar-refractivity contribution in [2.75, 3.05) is 18.4 Å². The Bertz CT molecular complexity index is 912. The number of rotatable bonds is 5. The number of carbonyl (C=O) groups is 1. The summed E-state index contributed by atoms with van der Waals surface area (Å²) in [4.78, 5) is 19.6. The molecule has 27 heavy (non-hydrogen) atoms. The maximum atomic E-state index is 12.4. The van der Waals surface area contributed by atoms with Gasteiger partial charge in [-0.3, -0.25) is 9.89 Å². The summed E-state index contributed by atoms with van der Waals surface area (Å²) in [5.74, 6) is 1.35. The lowest BCUT2D eigenvalue weighted by Gasteiger charge is -2.31. The van der Waals surface area contributed by atoms with Crippen LogP contribution in [0.5, 0.6) is 0 Å². The summed E-state index contributed by atoms with van der Waals surface area (Å²) in [5, 5.41) is 12.9. The highest BCUT2D eigenvalue weighted by Gasteiger charge is 2.28. The minimum absolute atomic E-state index is 0.0328. The number of thiazole rings is 1. The fourth-order valence-corrected chi connectivity index (χ4v) is 4.99. The number of nitrogens with one attached hydrogen (secondary N) is 2. The fourth-order valence-electron chi connectivity index (χ4n) is 3.44. The van der Waals surface area contributed by atoms with E-state index in [9.17, 15) is 4.79 Å². The molecule has 1 saturated heterocycles. The first-order valence-electron chi connectivity index (χ1n) is 8.82. The van der Waals surface area contributed by atoms with Gasteiger partial charge in [-0.15, -0.1) is 22.7 Å². The third-order valence-corrected chi connectivity index (χ3v) is 6.75. The zero-order valence-electron chi connectivity index (χ0n) is 14.9. The van der Waals surface area contributed by atoms with Crippen molar-refractivity contribution in [1.82, 2.24) is 20.1 Å². The van der Waals surface area contributed by atoms with Crippen LogP contribution in [0.15, 0.2) is 23.0 Å². The molecule has 1 fully saturated rings. The summed E-state index contributed by atoms with van der Waals surface area (Å²) in [6.45, 7) is 4.30. The molecule has 9 heteroatoms. The average molecular weight is 422 g/mol. The molecule has 3 aromatic rings. The Morgan fingerprint density at radius 3 is 2.89 bits per heavy atom. The van der Waals surface area contributed by atoms with E-state index in [-0.39, 0.29) is 5.91 Å². The zero-order valence-corrected chi connectivity index (χ0v) is 17.3. The van der Waals surface area contributed by atoms with Crippen molar-refractivity contribution in [2.45, 2.75) is 32.2 Å². The van der Waals surface area contributed by atoms with Crippen LogP contribution in [0.25, 0.3) is 0 Å². The molecule has 3 aromatic heterocycles. The lowest BCUT2D eigenvalue weighted by atomic mass is 9.91. The first-order valence-corrected chi connectivity index (χ1v) is 11.0. The van der Waals surface area contributed by atoms with Crippen LogP contribution in [0.4, 0.5) is 5.82 Å². The Morgan fingerprint density at radius 1 is 1.41 bits per heavy atom. The molecule has 142 valence electrons. The van der Waals surface area contributed by atoms with Gasteiger partial charge in [-0.25, -0.2) is 4.98 Å². The Labute approximate surface area is 170 Å². The van der Waals surface area contributed by atoms with Crippen molar-refractivity contribution >= 4 is 46.0 Å². The molecule has 4 heterocycles. The predicted octanol–water partition coefficient (Wildman–Crippen LogP) is 4.52. The van der Waals surface area contributed by atoms with Crippen LogP contribution in [0.1, 0.15) is 45.4 Å². The van der Waals surface area contributed by atoms with Gasteiger partial charge in [0.15, 0.2) is 0 Å². The van der Waals surface area contributed by atoms with Gasteiger partial charge in [-0.1, -0.05) is 11.6 Å². The molecular formula is C18H20ClN5OS2. The molecule has 2 N–H and O–H groups in total. The quantitative estimate of drug-likeness (QED) is 0.635. The van der Waals surface area contributed by atoms with E-state index >= 15 is 0 Å². The molecule has 0 saturated carbocycles. The van der Waals surface area contributed by atoms with Crippen molar-refractivity contribution in [3.05, 3.63) is 49.2 Å². The maximum absolute atomic E-state index is 12.4. The molecule has 1 aliphatic heterocycles. The Kier molecular flexibility index (Phi) is 5.47. The zero-order chi connectivity index (χ0) is 18.8. The normalized spacial score (nSPS) is 15.3. The Hall–Kier alpha value is -1.90. The van der Waals surface area contributed by atoms with Crippen molar-refractivity contribution in [3.8, 4) is 0 Å². The highest BCUT2D eigenvalue weighted by molar-refractivity contribution is 7.16. The summed E-state index contributed by atoms with van der Waals surface area (Å²) >= 11 is 9.01. The number of likely N-dealkylation sites (tertiary alicyclic amines) is 1. The number of aromatic nitrogens is 3. The van der Waals surface area contributed by atoms with E-state index in [1.807, 2.05) is 22.4 Å². The highest BCUT2D eigenvalue weighted by Crippen LogP contribution is 2.32. The van der Waals surface area contributed by atoms with Crippen molar-refractivity contribution in [2.24, 2.45) is 0 Å². The molecule has 0 radical (unpaired) electrons. The van der Waals surface area contributed by atoms with E-state index in [1.165, 1.54) is 16.2 Å². The van der Waals surface area contributed by atoms with Crippen LogP contribution in [0.3, 0.4) is 0 Å². The van der Waals surface area contributed by atoms with Gasteiger partial charge >= 0.3 is 0 Å². The van der Waals surface area contributed by atoms with Gasteiger partial charge in [0.25, 0.3) is 5.91 Å². The van der Waals surface area contributed by atoms with Crippen LogP contribution >= 0.6 is 34.3 Å². The number of aromatic amines is 1.